The number of ketones is 1. The van der Waals surface area contributed by atoms with Crippen LogP contribution in [0.15, 0.2) is 53.7 Å². The average molecular weight is 441 g/mol. The van der Waals surface area contributed by atoms with Crippen LogP contribution < -0.4 is 14.8 Å². The van der Waals surface area contributed by atoms with Gasteiger partial charge >= 0.3 is 0 Å². The molecule has 0 saturated carbocycles. The second-order valence-corrected chi connectivity index (χ2v) is 8.06. The maximum Gasteiger partial charge on any atom is 0.233 e. The first kappa shape index (κ1) is 22.4. The van der Waals surface area contributed by atoms with Gasteiger partial charge in [-0.05, 0) is 50.2 Å². The van der Waals surface area contributed by atoms with Crippen LogP contribution in [0, 0.1) is 0 Å². The molecule has 2 aromatic carbocycles. The van der Waals surface area contributed by atoms with Gasteiger partial charge in [0.1, 0.15) is 17.3 Å². The van der Waals surface area contributed by atoms with Crippen molar-refractivity contribution in [2.75, 3.05) is 20.8 Å². The fourth-order valence-electron chi connectivity index (χ4n) is 2.83. The van der Waals surface area contributed by atoms with Crippen LogP contribution >= 0.6 is 11.8 Å². The van der Waals surface area contributed by atoms with Gasteiger partial charge in [0, 0.05) is 11.3 Å². The highest BCUT2D eigenvalue weighted by Gasteiger charge is 2.22. The van der Waals surface area contributed by atoms with Crippen LogP contribution in [0.5, 0.6) is 11.5 Å². The van der Waals surface area contributed by atoms with Gasteiger partial charge in [-0.1, -0.05) is 23.9 Å². The van der Waals surface area contributed by atoms with E-state index >= 15 is 0 Å². The molecule has 0 aliphatic heterocycles. The normalized spacial score (nSPS) is 11.6. The molecule has 1 aromatic heterocycles. The molecule has 1 heterocycles. The monoisotopic (exact) mass is 440 g/mol. The van der Waals surface area contributed by atoms with Crippen LogP contribution in [0.3, 0.4) is 0 Å². The molecule has 9 heteroatoms. The predicted octanol–water partition coefficient (Wildman–Crippen LogP) is 3.14. The molecule has 162 valence electrons. The van der Waals surface area contributed by atoms with Gasteiger partial charge in [0.25, 0.3) is 0 Å². The number of hydrogen-bond donors (Lipinski definition) is 1. The van der Waals surface area contributed by atoms with E-state index in [9.17, 15) is 9.59 Å². The van der Waals surface area contributed by atoms with E-state index in [2.05, 4.69) is 15.5 Å². The number of benzene rings is 2. The van der Waals surface area contributed by atoms with Gasteiger partial charge in [-0.2, -0.15) is 0 Å². The molecule has 3 aromatic rings. The number of aromatic nitrogens is 3. The Labute approximate surface area is 185 Å². The SMILES string of the molecule is COc1ccc(-n2c(SC(C)C(=O)NCC(C)=O)nnc2-c2cccc(OC)c2)cc1. The lowest BCUT2D eigenvalue weighted by Gasteiger charge is -2.14. The molecule has 0 spiro atoms. The Kier molecular flexibility index (Phi) is 7.30. The molecule has 0 aliphatic rings. The molecule has 0 radical (unpaired) electrons. The zero-order valence-corrected chi connectivity index (χ0v) is 18.6. The number of thioether (sulfide) groups is 1. The van der Waals surface area contributed by atoms with Gasteiger partial charge in [-0.15, -0.1) is 10.2 Å². The van der Waals surface area contributed by atoms with Gasteiger partial charge < -0.3 is 14.8 Å². The number of methoxy groups -OCH3 is 2. The third kappa shape index (κ3) is 5.43. The van der Waals surface area contributed by atoms with Gasteiger partial charge in [0.15, 0.2) is 11.0 Å². The molecular weight excluding hydrogens is 416 g/mol. The number of amides is 1. The summed E-state index contributed by atoms with van der Waals surface area (Å²) in [5.41, 5.74) is 1.64. The van der Waals surface area contributed by atoms with Crippen LogP contribution in [-0.4, -0.2) is 52.5 Å². The van der Waals surface area contributed by atoms with Crippen molar-refractivity contribution in [3.8, 4) is 28.6 Å². The van der Waals surface area contributed by atoms with E-state index in [1.54, 1.807) is 21.1 Å². The van der Waals surface area contributed by atoms with Crippen molar-refractivity contribution in [3.05, 3.63) is 48.5 Å². The number of carbonyl (C=O) groups is 2. The summed E-state index contributed by atoms with van der Waals surface area (Å²) in [6.07, 6.45) is 0. The molecular formula is C22H24N4O4S. The second-order valence-electron chi connectivity index (χ2n) is 6.75. The standard InChI is InChI=1S/C22H24N4O4S/c1-14(27)13-23-21(28)15(2)31-22-25-24-20(16-6-5-7-19(12-16)30-4)26(22)17-8-10-18(29-3)11-9-17/h5-12,15H,13H2,1-4H3,(H,23,28). The van der Waals surface area contributed by atoms with Crippen LogP contribution in [0.2, 0.25) is 0 Å². The van der Waals surface area contributed by atoms with Crippen molar-refractivity contribution in [1.29, 1.82) is 0 Å². The number of nitrogens with zero attached hydrogens (tertiary/aromatic N) is 3. The maximum atomic E-state index is 12.4. The lowest BCUT2D eigenvalue weighted by atomic mass is 10.2. The highest BCUT2D eigenvalue weighted by atomic mass is 32.2. The van der Waals surface area contributed by atoms with E-state index < -0.39 is 5.25 Å². The zero-order valence-electron chi connectivity index (χ0n) is 17.8. The van der Waals surface area contributed by atoms with Crippen LogP contribution in [0.4, 0.5) is 0 Å². The average Bonchev–Trinajstić information content (AvgIpc) is 3.20. The van der Waals surface area contributed by atoms with Crippen molar-refractivity contribution in [2.24, 2.45) is 0 Å². The molecule has 0 saturated heterocycles. The van der Waals surface area contributed by atoms with E-state index in [-0.39, 0.29) is 18.2 Å². The first-order valence-corrected chi connectivity index (χ1v) is 10.5. The zero-order chi connectivity index (χ0) is 22.4. The fraction of sp³-hybridized carbons (Fsp3) is 0.273. The minimum atomic E-state index is -0.473. The number of carbonyl (C=O) groups excluding carboxylic acids is 2. The smallest absolute Gasteiger partial charge is 0.233 e. The summed E-state index contributed by atoms with van der Waals surface area (Å²) < 4.78 is 12.5. The first-order valence-electron chi connectivity index (χ1n) is 9.61. The molecule has 8 nitrogen and oxygen atoms in total. The lowest BCUT2D eigenvalue weighted by molar-refractivity contribution is -0.123. The number of Topliss-reactive ketones (excluding diaryl/α,β-unsaturated/α-hetero) is 1. The molecule has 1 N–H and O–H groups in total. The van der Waals surface area contributed by atoms with Gasteiger partial charge in [0.2, 0.25) is 5.91 Å². The Balaban J connectivity index is 1.99. The topological polar surface area (TPSA) is 95.3 Å². The van der Waals surface area contributed by atoms with Crippen molar-refractivity contribution in [3.63, 3.8) is 0 Å². The van der Waals surface area contributed by atoms with E-state index in [1.807, 2.05) is 53.1 Å². The van der Waals surface area contributed by atoms with E-state index in [1.165, 1.54) is 18.7 Å². The first-order chi connectivity index (χ1) is 14.9. The predicted molar refractivity (Wildman–Crippen MR) is 119 cm³/mol. The van der Waals surface area contributed by atoms with E-state index in [0.717, 1.165) is 17.0 Å². The highest BCUT2D eigenvalue weighted by Crippen LogP contribution is 2.32. The third-order valence-electron chi connectivity index (χ3n) is 4.45. The summed E-state index contributed by atoms with van der Waals surface area (Å²) in [4.78, 5) is 23.5. The molecule has 1 unspecified atom stereocenters. The Morgan fingerprint density at radius 3 is 2.42 bits per heavy atom. The maximum absolute atomic E-state index is 12.4. The lowest BCUT2D eigenvalue weighted by Crippen LogP contribution is -2.34. The molecule has 0 bridgehead atoms. The summed E-state index contributed by atoms with van der Waals surface area (Å²) in [5, 5.41) is 11.4. The van der Waals surface area contributed by atoms with Crippen LogP contribution in [0.1, 0.15) is 13.8 Å². The quantitative estimate of drug-likeness (QED) is 0.511. The summed E-state index contributed by atoms with van der Waals surface area (Å²) in [6, 6.07) is 15.0. The Hall–Kier alpha value is -3.33. The van der Waals surface area contributed by atoms with Crippen LogP contribution in [0.25, 0.3) is 17.1 Å². The molecule has 0 fully saturated rings. The van der Waals surface area contributed by atoms with E-state index in [4.69, 9.17) is 9.47 Å². The van der Waals surface area contributed by atoms with Gasteiger partial charge in [0.05, 0.1) is 26.0 Å². The van der Waals surface area contributed by atoms with Gasteiger partial charge in [-0.3, -0.25) is 14.2 Å². The van der Waals surface area contributed by atoms with E-state index in [0.29, 0.717) is 16.7 Å². The Morgan fingerprint density at radius 1 is 1.06 bits per heavy atom. The summed E-state index contributed by atoms with van der Waals surface area (Å²) in [5.74, 6) is 1.70. The van der Waals surface area contributed by atoms with Crippen LogP contribution in [-0.2, 0) is 9.59 Å². The summed E-state index contributed by atoms with van der Waals surface area (Å²) >= 11 is 1.26. The third-order valence-corrected chi connectivity index (χ3v) is 5.50. The minimum absolute atomic E-state index is 0.00393. The molecule has 3 rings (SSSR count). The number of rotatable bonds is 9. The molecule has 31 heavy (non-hydrogen) atoms. The number of ether oxygens (including phenoxy) is 2. The Morgan fingerprint density at radius 2 is 1.77 bits per heavy atom. The van der Waals surface area contributed by atoms with Crippen molar-refractivity contribution < 1.29 is 19.1 Å². The molecule has 1 atom stereocenters. The number of hydrogen-bond acceptors (Lipinski definition) is 7. The fourth-order valence-corrected chi connectivity index (χ4v) is 3.72. The van der Waals surface area contributed by atoms with Crippen molar-refractivity contribution >= 4 is 23.5 Å². The van der Waals surface area contributed by atoms with Crippen molar-refractivity contribution in [1.82, 2.24) is 20.1 Å². The molecule has 1 amide bonds. The largest absolute Gasteiger partial charge is 0.497 e. The van der Waals surface area contributed by atoms with Crippen molar-refractivity contribution in [2.45, 2.75) is 24.3 Å². The summed E-state index contributed by atoms with van der Waals surface area (Å²) in [6.45, 7) is 3.20. The summed E-state index contributed by atoms with van der Waals surface area (Å²) in [7, 11) is 3.22. The Bertz CT molecular complexity index is 1070. The van der Waals surface area contributed by atoms with Gasteiger partial charge in [-0.25, -0.2) is 0 Å². The highest BCUT2D eigenvalue weighted by molar-refractivity contribution is 8.00. The number of nitrogens with one attached hydrogen (secondary N) is 1. The minimum Gasteiger partial charge on any atom is -0.497 e. The second kappa shape index (κ2) is 10.1. The molecule has 0 aliphatic carbocycles.